The molecule has 0 aliphatic rings. The molecule has 90 heavy (non-hydrogen) atoms. The summed E-state index contributed by atoms with van der Waals surface area (Å²) in [6.07, 6.45) is 15.0. The van der Waals surface area contributed by atoms with E-state index >= 15 is 0 Å². The van der Waals surface area contributed by atoms with Gasteiger partial charge in [0, 0.05) is 0 Å². The van der Waals surface area contributed by atoms with Crippen molar-refractivity contribution in [1.82, 2.24) is 0 Å². The molecule has 0 amide bonds. The molecule has 0 radical (unpaired) electrons. The first-order valence-electron chi connectivity index (χ1n) is 29.4. The fourth-order valence-electron chi connectivity index (χ4n) is 9.81. The Morgan fingerprint density at radius 1 is 0.289 bits per heavy atom. The Morgan fingerprint density at radius 3 is 0.556 bits per heavy atom. The molecule has 0 saturated heterocycles. The predicted molar refractivity (Wildman–Crippen MR) is 341 cm³/mol. The first kappa shape index (κ1) is 88.4. The molecule has 0 spiro atoms. The minimum atomic E-state index is -5.04. The Hall–Kier alpha value is 0.409. The van der Waals surface area contributed by atoms with Crippen molar-refractivity contribution in [2.24, 2.45) is 0 Å². The Bertz CT molecular complexity index is 3140. The number of benzene rings is 6. The van der Waals surface area contributed by atoms with Gasteiger partial charge in [-0.05, 0) is 163 Å². The van der Waals surface area contributed by atoms with Crippen LogP contribution in [0.3, 0.4) is 0 Å². The second-order valence-corrected chi connectivity index (χ2v) is 33.0. The molecule has 27 heteroatoms. The summed E-state index contributed by atoms with van der Waals surface area (Å²) in [6, 6.07) is 48.7. The summed E-state index contributed by atoms with van der Waals surface area (Å²) >= 11 is 0. The van der Waals surface area contributed by atoms with Gasteiger partial charge < -0.3 is 43.0 Å². The molecule has 6 N–H and O–H groups in total. The first-order valence-corrected chi connectivity index (χ1v) is 38.8. The van der Waals surface area contributed by atoms with Gasteiger partial charge in [0.25, 0.3) is 0 Å². The molecule has 6 aromatic carbocycles. The first-order chi connectivity index (χ1) is 40.8. The van der Waals surface area contributed by atoms with Gasteiger partial charge in [0.1, 0.15) is 30.4 Å². The number of hydrogen-bond donors (Lipinski definition) is 6. The van der Waals surface area contributed by atoms with E-state index in [2.05, 4.69) is 93.6 Å². The van der Waals surface area contributed by atoms with Gasteiger partial charge in [-0.1, -0.05) is 205 Å². The van der Waals surface area contributed by atoms with Gasteiger partial charge in [0.2, 0.25) is 0 Å². The largest absolute Gasteiger partial charge is 1.00 e. The van der Waals surface area contributed by atoms with Crippen LogP contribution in [0.15, 0.2) is 146 Å². The fraction of sp³-hybridized carbons (Fsp3) is 0.429. The Balaban J connectivity index is 0.000000664. The molecule has 0 aromatic heterocycles. The minimum Gasteiger partial charge on any atom is -0.747 e. The second-order valence-electron chi connectivity index (χ2n) is 21.8. The molecule has 0 saturated carbocycles. The summed E-state index contributed by atoms with van der Waals surface area (Å²) in [7, 11) is -30.1. The van der Waals surface area contributed by atoms with Gasteiger partial charge >= 0.3 is 177 Å². The summed E-state index contributed by atoms with van der Waals surface area (Å²) in [6.45, 7) is 6.57. The van der Waals surface area contributed by atoms with E-state index in [9.17, 15) is 52.6 Å². The van der Waals surface area contributed by atoms with E-state index in [4.69, 9.17) is 29.4 Å². The van der Waals surface area contributed by atoms with Crippen LogP contribution in [-0.2, 0) is 82.6 Å². The average molecular weight is 1440 g/mol. The summed E-state index contributed by atoms with van der Waals surface area (Å²) < 4.78 is 133. The molecule has 6 rings (SSSR count). The molecule has 6 aromatic rings. The van der Waals surface area contributed by atoms with E-state index in [1.54, 1.807) is 0 Å². The van der Waals surface area contributed by atoms with E-state index in [-0.39, 0.29) is 193 Å². The van der Waals surface area contributed by atoms with Crippen molar-refractivity contribution < 1.29 is 236 Å². The van der Waals surface area contributed by atoms with Gasteiger partial charge in [0.15, 0.2) is 15.0 Å². The van der Waals surface area contributed by atoms with Gasteiger partial charge in [0.05, 0.1) is 0 Å². The van der Waals surface area contributed by atoms with Crippen LogP contribution in [0.5, 0.6) is 0 Å². The molecule has 3 atom stereocenters. The van der Waals surface area contributed by atoms with Crippen molar-refractivity contribution in [3.05, 3.63) is 179 Å². The van der Waals surface area contributed by atoms with Crippen molar-refractivity contribution >= 4 is 53.1 Å². The van der Waals surface area contributed by atoms with Crippen LogP contribution in [0.2, 0.25) is 0 Å². The van der Waals surface area contributed by atoms with Crippen LogP contribution in [0.4, 0.5) is 0 Å². The van der Waals surface area contributed by atoms with E-state index in [1.165, 1.54) is 74.5 Å². The molecule has 3 unspecified atom stereocenters. The second kappa shape index (κ2) is 43.7. The topological polar surface area (TPSA) is 344 Å². The Labute approximate surface area is 661 Å². The van der Waals surface area contributed by atoms with Crippen LogP contribution >= 0.6 is 22.8 Å². The summed E-state index contributed by atoms with van der Waals surface area (Å²) in [5, 5.41) is 0. The van der Waals surface area contributed by atoms with Crippen molar-refractivity contribution in [3.8, 4) is 33.4 Å². The molecule has 0 heterocycles. The maximum Gasteiger partial charge on any atom is 1.00 e. The molecular formula is C63H84K3O18P3S3. The number of rotatable bonds is 33. The standard InChI is InChI=1S/3C21H29O6PS.3K/c3*1-2-3-4-6-17-9-13-19(14-10-17)20-15-11-18(12-16-20)7-5-8-21(28(22,23)24)29(25,26)27;;;/h3*9-16,21H,2-8H2,1H3,(H2,22,23,24)(H,25,26,27);;;/q;;;3*+1/p-3. The van der Waals surface area contributed by atoms with Gasteiger partial charge in [-0.2, -0.15) is 0 Å². The molecule has 18 nitrogen and oxygen atoms in total. The van der Waals surface area contributed by atoms with Crippen molar-refractivity contribution in [2.45, 2.75) is 171 Å². The third-order valence-corrected chi connectivity index (χ3v) is 25.3. The Kier molecular flexibility index (Phi) is 43.0. The molecule has 0 bridgehead atoms. The average Bonchev–Trinajstić information content (AvgIpc) is 1.22. The Morgan fingerprint density at radius 2 is 0.433 bits per heavy atom. The smallest absolute Gasteiger partial charge is 0.747 e. The zero-order valence-electron chi connectivity index (χ0n) is 52.6. The molecule has 0 aliphatic carbocycles. The van der Waals surface area contributed by atoms with Crippen molar-refractivity contribution in [3.63, 3.8) is 0 Å². The van der Waals surface area contributed by atoms with Gasteiger partial charge in [-0.15, -0.1) is 0 Å². The van der Waals surface area contributed by atoms with Crippen LogP contribution in [0.1, 0.15) is 150 Å². The van der Waals surface area contributed by atoms with Crippen molar-refractivity contribution in [1.29, 1.82) is 0 Å². The zero-order valence-corrected chi connectivity index (χ0v) is 67.1. The van der Waals surface area contributed by atoms with E-state index < -0.39 is 68.1 Å². The molecule has 480 valence electrons. The summed E-state index contributed by atoms with van der Waals surface area (Å²) in [5.41, 5.74) is 13.2. The fourth-order valence-corrected chi connectivity index (χ4v) is 16.8. The number of aryl methyl sites for hydroxylation is 6. The van der Waals surface area contributed by atoms with E-state index in [1.807, 2.05) is 72.8 Å². The van der Waals surface area contributed by atoms with Crippen LogP contribution < -0.4 is 154 Å². The maximum absolute atomic E-state index is 11.2. The van der Waals surface area contributed by atoms with Crippen molar-refractivity contribution in [2.75, 3.05) is 0 Å². The van der Waals surface area contributed by atoms with Crippen LogP contribution in [-0.4, -0.2) is 83.2 Å². The van der Waals surface area contributed by atoms with Crippen LogP contribution in [0.25, 0.3) is 33.4 Å². The summed E-state index contributed by atoms with van der Waals surface area (Å²) in [4.78, 5) is 48.0. The molecular weight excluding hydrogens is 1350 g/mol. The monoisotopic (exact) mass is 1430 g/mol. The molecule has 0 fully saturated rings. The predicted octanol–water partition coefficient (Wildman–Crippen LogP) is 4.39. The minimum absolute atomic E-state index is 0. The molecule has 0 aliphatic heterocycles. The third-order valence-electron chi connectivity index (χ3n) is 14.8. The normalized spacial score (nSPS) is 12.9. The van der Waals surface area contributed by atoms with E-state index in [0.29, 0.717) is 19.3 Å². The zero-order chi connectivity index (χ0) is 64.5. The SMILES string of the molecule is CCCCCc1ccc(-c2ccc(CCCC(P(=O)(O)O)S(=O)(=O)[O-])cc2)cc1.CCCCCc1ccc(-c2ccc(CCCC(P(=O)(O)O)S(=O)(=O)[O-])cc2)cc1.CCCCCc1ccc(-c2ccc(CCCC(P(=O)(O)O)S(=O)(=O)[O-])cc2)cc1.[K+].[K+].[K+]. The van der Waals surface area contributed by atoms with Crippen LogP contribution in [0, 0.1) is 0 Å². The summed E-state index contributed by atoms with van der Waals surface area (Å²) in [5.74, 6) is 0. The number of hydrogen-bond acceptors (Lipinski definition) is 12. The van der Waals surface area contributed by atoms with E-state index in [0.717, 1.165) is 69.3 Å². The third kappa shape index (κ3) is 33.8. The maximum atomic E-state index is 11.2. The quantitative estimate of drug-likeness (QED) is 0.0144. The van der Waals surface area contributed by atoms with Gasteiger partial charge in [-0.25, -0.2) is 25.3 Å². The number of unbranched alkanes of at least 4 members (excludes halogenated alkanes) is 6. The van der Waals surface area contributed by atoms with Gasteiger partial charge in [-0.3, -0.25) is 13.7 Å².